The van der Waals surface area contributed by atoms with Gasteiger partial charge in [-0.1, -0.05) is 0 Å². The van der Waals surface area contributed by atoms with Crippen LogP contribution in [0.2, 0.25) is 0 Å². The zero-order valence-corrected chi connectivity index (χ0v) is 8.71. The van der Waals surface area contributed by atoms with Crippen molar-refractivity contribution in [2.45, 2.75) is 6.54 Å². The second kappa shape index (κ2) is 3.74. The molecule has 3 heterocycles. The number of nitrogens with one attached hydrogen (secondary N) is 3. The third kappa shape index (κ3) is 1.75. The lowest BCUT2D eigenvalue weighted by Crippen LogP contribution is -2.14. The van der Waals surface area contributed by atoms with Crippen LogP contribution in [0.25, 0.3) is 5.65 Å². The first-order valence-corrected chi connectivity index (χ1v) is 4.99. The van der Waals surface area contributed by atoms with Gasteiger partial charge in [-0.2, -0.15) is 14.7 Å². The zero-order valence-electron chi connectivity index (χ0n) is 8.71. The molecule has 3 aromatic rings. The van der Waals surface area contributed by atoms with Gasteiger partial charge in [0, 0.05) is 6.20 Å². The van der Waals surface area contributed by atoms with Gasteiger partial charge >= 0.3 is 5.69 Å². The Hall–Kier alpha value is -2.64. The average Bonchev–Trinajstić information content (AvgIpc) is 2.97. The molecule has 0 aromatic carbocycles. The highest BCUT2D eigenvalue weighted by molar-refractivity contribution is 5.43. The van der Waals surface area contributed by atoms with Gasteiger partial charge in [0.15, 0.2) is 5.65 Å². The van der Waals surface area contributed by atoms with Gasteiger partial charge in [-0.05, 0) is 18.2 Å². The third-order valence-electron chi connectivity index (χ3n) is 2.29. The number of aromatic amines is 2. The van der Waals surface area contributed by atoms with Crippen molar-refractivity contribution in [3.63, 3.8) is 0 Å². The van der Waals surface area contributed by atoms with E-state index in [2.05, 4.69) is 30.8 Å². The Bertz CT molecular complexity index is 681. The molecule has 0 radical (unpaired) electrons. The predicted molar refractivity (Wildman–Crippen MR) is 59.5 cm³/mol. The van der Waals surface area contributed by atoms with Crippen molar-refractivity contribution in [2.75, 3.05) is 5.32 Å². The number of hydrogen-bond acceptors (Lipinski definition) is 5. The number of aromatic nitrogens is 6. The van der Waals surface area contributed by atoms with E-state index in [9.17, 15) is 4.79 Å². The van der Waals surface area contributed by atoms with Crippen LogP contribution >= 0.6 is 0 Å². The molecule has 86 valence electrons. The Balaban J connectivity index is 1.85. The van der Waals surface area contributed by atoms with Crippen LogP contribution in [0.15, 0.2) is 29.2 Å². The smallest absolute Gasteiger partial charge is 0.363 e. The summed E-state index contributed by atoms with van der Waals surface area (Å²) in [7, 11) is 0. The molecule has 0 bridgehead atoms. The largest absolute Gasteiger partial charge is 0.364 e. The van der Waals surface area contributed by atoms with Gasteiger partial charge in [-0.3, -0.25) is 5.10 Å². The molecule has 3 N–H and O–H groups in total. The van der Waals surface area contributed by atoms with Gasteiger partial charge in [0.25, 0.3) is 0 Å². The number of fused-ring (bicyclic) bond motifs is 1. The van der Waals surface area contributed by atoms with Crippen LogP contribution in [0.5, 0.6) is 0 Å². The quantitative estimate of drug-likeness (QED) is 0.576. The van der Waals surface area contributed by atoms with Crippen LogP contribution in [0, 0.1) is 0 Å². The van der Waals surface area contributed by atoms with Crippen molar-refractivity contribution < 1.29 is 0 Å². The Morgan fingerprint density at radius 2 is 2.24 bits per heavy atom. The maximum atomic E-state index is 11.3. The molecule has 0 spiro atoms. The molecule has 17 heavy (non-hydrogen) atoms. The first-order valence-electron chi connectivity index (χ1n) is 4.99. The van der Waals surface area contributed by atoms with Crippen molar-refractivity contribution >= 4 is 11.5 Å². The van der Waals surface area contributed by atoms with E-state index in [4.69, 9.17) is 0 Å². The van der Waals surface area contributed by atoms with Crippen molar-refractivity contribution in [3.05, 3.63) is 40.6 Å². The van der Waals surface area contributed by atoms with E-state index in [1.165, 1.54) is 4.52 Å². The molecule has 3 rings (SSSR count). The molecule has 0 saturated heterocycles. The standard InChI is InChI=1S/C9H9N7O/c17-9-14-13-8-2-1-7(15-16(8)9)10-5-6-3-4-11-12-6/h1-4H,5H2,(H,10,15)(H,11,12)(H,14,17). The topological polar surface area (TPSA) is 104 Å². The number of anilines is 1. The minimum atomic E-state index is -0.356. The first-order chi connectivity index (χ1) is 8.33. The number of hydrogen-bond donors (Lipinski definition) is 3. The van der Waals surface area contributed by atoms with Gasteiger partial charge in [-0.25, -0.2) is 9.89 Å². The fourth-order valence-corrected chi connectivity index (χ4v) is 1.47. The lowest BCUT2D eigenvalue weighted by molar-refractivity contribution is 0.870. The van der Waals surface area contributed by atoms with Crippen LogP contribution < -0.4 is 11.0 Å². The van der Waals surface area contributed by atoms with Crippen LogP contribution in [0.3, 0.4) is 0 Å². The summed E-state index contributed by atoms with van der Waals surface area (Å²) in [5, 5.41) is 19.9. The summed E-state index contributed by atoms with van der Waals surface area (Å²) in [6, 6.07) is 5.32. The second-order valence-electron chi connectivity index (χ2n) is 3.45. The monoisotopic (exact) mass is 231 g/mol. The van der Waals surface area contributed by atoms with E-state index in [-0.39, 0.29) is 5.69 Å². The summed E-state index contributed by atoms with van der Waals surface area (Å²) >= 11 is 0. The molecule has 0 saturated carbocycles. The SMILES string of the molecule is O=c1[nH]nc2ccc(NCc3ccn[nH]3)nn12. The summed E-state index contributed by atoms with van der Waals surface area (Å²) < 4.78 is 1.20. The number of H-pyrrole nitrogens is 2. The van der Waals surface area contributed by atoms with Crippen LogP contribution in [-0.4, -0.2) is 30.0 Å². The molecule has 0 amide bonds. The molecule has 0 atom stereocenters. The highest BCUT2D eigenvalue weighted by Gasteiger charge is 2.02. The Kier molecular flexibility index (Phi) is 2.11. The molecule has 8 heteroatoms. The summed E-state index contributed by atoms with van der Waals surface area (Å²) in [6.45, 7) is 0.561. The fraction of sp³-hybridized carbons (Fsp3) is 0.111. The molecule has 8 nitrogen and oxygen atoms in total. The molecular weight excluding hydrogens is 222 g/mol. The minimum absolute atomic E-state index is 0.356. The van der Waals surface area contributed by atoms with Gasteiger partial charge in [0.2, 0.25) is 0 Å². The highest BCUT2D eigenvalue weighted by Crippen LogP contribution is 2.04. The third-order valence-corrected chi connectivity index (χ3v) is 2.29. The molecule has 0 aliphatic rings. The average molecular weight is 231 g/mol. The van der Waals surface area contributed by atoms with Crippen molar-refractivity contribution in [1.29, 1.82) is 0 Å². The summed E-state index contributed by atoms with van der Waals surface area (Å²) in [5.74, 6) is 0.593. The van der Waals surface area contributed by atoms with Crippen LogP contribution in [0.1, 0.15) is 5.69 Å². The van der Waals surface area contributed by atoms with Crippen LogP contribution in [-0.2, 0) is 6.54 Å². The first kappa shape index (κ1) is 9.58. The molecular formula is C9H9N7O. The fourth-order valence-electron chi connectivity index (χ4n) is 1.47. The normalized spacial score (nSPS) is 10.8. The minimum Gasteiger partial charge on any atom is -0.363 e. The number of nitrogens with zero attached hydrogens (tertiary/aromatic N) is 4. The maximum absolute atomic E-state index is 11.3. The summed E-state index contributed by atoms with van der Waals surface area (Å²) in [4.78, 5) is 11.3. The maximum Gasteiger partial charge on any atom is 0.364 e. The van der Waals surface area contributed by atoms with E-state index in [1.807, 2.05) is 6.07 Å². The molecule has 0 aliphatic carbocycles. The van der Waals surface area contributed by atoms with Gasteiger partial charge in [-0.15, -0.1) is 5.10 Å². The van der Waals surface area contributed by atoms with E-state index in [0.29, 0.717) is 18.0 Å². The van der Waals surface area contributed by atoms with E-state index in [1.54, 1.807) is 18.3 Å². The lowest BCUT2D eigenvalue weighted by Gasteiger charge is -2.02. The molecule has 0 aliphatic heterocycles. The summed E-state index contributed by atoms with van der Waals surface area (Å²) in [6.07, 6.45) is 1.67. The Morgan fingerprint density at radius 1 is 1.29 bits per heavy atom. The predicted octanol–water partition coefficient (Wildman–Crippen LogP) is -0.247. The molecule has 0 fully saturated rings. The van der Waals surface area contributed by atoms with E-state index < -0.39 is 0 Å². The van der Waals surface area contributed by atoms with Gasteiger partial charge in [0.1, 0.15) is 5.82 Å². The molecule has 3 aromatic heterocycles. The van der Waals surface area contributed by atoms with Gasteiger partial charge < -0.3 is 5.32 Å². The second-order valence-corrected chi connectivity index (χ2v) is 3.45. The zero-order chi connectivity index (χ0) is 11.7. The number of rotatable bonds is 3. The highest BCUT2D eigenvalue weighted by atomic mass is 16.2. The Morgan fingerprint density at radius 3 is 3.06 bits per heavy atom. The summed E-state index contributed by atoms with van der Waals surface area (Å²) in [5.41, 5.74) is 1.07. The van der Waals surface area contributed by atoms with Crippen molar-refractivity contribution in [3.8, 4) is 0 Å². The lowest BCUT2D eigenvalue weighted by atomic mass is 10.4. The van der Waals surface area contributed by atoms with E-state index in [0.717, 1.165) is 5.69 Å². The molecule has 0 unspecified atom stereocenters. The van der Waals surface area contributed by atoms with Crippen LogP contribution in [0.4, 0.5) is 5.82 Å². The Labute approximate surface area is 94.7 Å². The van der Waals surface area contributed by atoms with Crippen molar-refractivity contribution in [2.24, 2.45) is 0 Å². The van der Waals surface area contributed by atoms with E-state index >= 15 is 0 Å². The van der Waals surface area contributed by atoms with Gasteiger partial charge in [0.05, 0.1) is 12.2 Å². The van der Waals surface area contributed by atoms with Crippen molar-refractivity contribution in [1.82, 2.24) is 30.0 Å².